The van der Waals surface area contributed by atoms with Gasteiger partial charge in [-0.2, -0.15) is 0 Å². The summed E-state index contributed by atoms with van der Waals surface area (Å²) in [6.45, 7) is 7.06. The highest BCUT2D eigenvalue weighted by Crippen LogP contribution is 2.39. The minimum atomic E-state index is 0.440. The summed E-state index contributed by atoms with van der Waals surface area (Å²) in [7, 11) is 0. The zero-order valence-electron chi connectivity index (χ0n) is 10.8. The lowest BCUT2D eigenvalue weighted by Crippen LogP contribution is -2.35. The van der Waals surface area contributed by atoms with Crippen LogP contribution in [0.25, 0.3) is 0 Å². The van der Waals surface area contributed by atoms with Gasteiger partial charge in [-0.25, -0.2) is 4.98 Å². The zero-order valence-corrected chi connectivity index (χ0v) is 11.6. The van der Waals surface area contributed by atoms with Crippen LogP contribution in [0.1, 0.15) is 40.0 Å². The first kappa shape index (κ1) is 12.7. The third-order valence-electron chi connectivity index (χ3n) is 3.49. The van der Waals surface area contributed by atoms with E-state index in [-0.39, 0.29) is 0 Å². The molecule has 17 heavy (non-hydrogen) atoms. The number of halogens is 1. The van der Waals surface area contributed by atoms with Crippen molar-refractivity contribution < 1.29 is 0 Å². The standard InChI is InChI=1S/C14H21ClN2/c1-10-6-12(8-14(2,3)7-10)17-11-4-5-13(15)16-9-11/h4-5,9-10,12,17H,6-8H2,1-3H3. The molecule has 3 heteroatoms. The molecule has 1 fully saturated rings. The maximum atomic E-state index is 5.78. The van der Waals surface area contributed by atoms with E-state index >= 15 is 0 Å². The summed E-state index contributed by atoms with van der Waals surface area (Å²) in [4.78, 5) is 4.10. The van der Waals surface area contributed by atoms with Crippen molar-refractivity contribution in [3.8, 4) is 0 Å². The maximum Gasteiger partial charge on any atom is 0.129 e. The van der Waals surface area contributed by atoms with Gasteiger partial charge in [0, 0.05) is 6.04 Å². The average Bonchev–Trinajstić information content (AvgIpc) is 2.18. The molecular formula is C14H21ClN2. The summed E-state index contributed by atoms with van der Waals surface area (Å²) < 4.78 is 0. The largest absolute Gasteiger partial charge is 0.381 e. The van der Waals surface area contributed by atoms with Gasteiger partial charge in [-0.3, -0.25) is 0 Å². The summed E-state index contributed by atoms with van der Waals surface area (Å²) in [5.41, 5.74) is 1.51. The van der Waals surface area contributed by atoms with E-state index in [0.29, 0.717) is 16.6 Å². The molecule has 1 aliphatic rings. The van der Waals surface area contributed by atoms with Crippen LogP contribution in [-0.4, -0.2) is 11.0 Å². The van der Waals surface area contributed by atoms with Crippen LogP contribution in [0, 0.1) is 11.3 Å². The molecule has 1 N–H and O–H groups in total. The maximum absolute atomic E-state index is 5.78. The normalized spacial score (nSPS) is 27.8. The molecule has 1 heterocycles. The van der Waals surface area contributed by atoms with Crippen molar-refractivity contribution in [2.75, 3.05) is 5.32 Å². The number of pyridine rings is 1. The minimum Gasteiger partial charge on any atom is -0.381 e. The Morgan fingerprint density at radius 2 is 2.12 bits per heavy atom. The molecule has 2 nitrogen and oxygen atoms in total. The summed E-state index contributed by atoms with van der Waals surface area (Å²) in [5.74, 6) is 0.788. The van der Waals surface area contributed by atoms with Crippen LogP contribution in [0.5, 0.6) is 0 Å². The van der Waals surface area contributed by atoms with Crippen LogP contribution in [0.3, 0.4) is 0 Å². The van der Waals surface area contributed by atoms with Crippen molar-refractivity contribution >= 4 is 17.3 Å². The van der Waals surface area contributed by atoms with Crippen LogP contribution in [0.4, 0.5) is 5.69 Å². The van der Waals surface area contributed by atoms with Gasteiger partial charge in [-0.15, -0.1) is 0 Å². The second-order valence-electron chi connectivity index (χ2n) is 6.12. The number of hydrogen-bond donors (Lipinski definition) is 1. The Bertz CT molecular complexity index is 372. The van der Waals surface area contributed by atoms with Crippen molar-refractivity contribution in [1.82, 2.24) is 4.98 Å². The molecule has 2 unspecified atom stereocenters. The molecular weight excluding hydrogens is 232 g/mol. The molecule has 0 saturated heterocycles. The van der Waals surface area contributed by atoms with Crippen LogP contribution < -0.4 is 5.32 Å². The molecule has 0 radical (unpaired) electrons. The van der Waals surface area contributed by atoms with E-state index in [0.717, 1.165) is 11.6 Å². The van der Waals surface area contributed by atoms with E-state index in [1.54, 1.807) is 0 Å². The van der Waals surface area contributed by atoms with Crippen LogP contribution >= 0.6 is 11.6 Å². The highest BCUT2D eigenvalue weighted by Gasteiger charge is 2.31. The Morgan fingerprint density at radius 1 is 1.35 bits per heavy atom. The van der Waals surface area contributed by atoms with Gasteiger partial charge >= 0.3 is 0 Å². The molecule has 0 aromatic carbocycles. The lowest BCUT2D eigenvalue weighted by atomic mass is 9.70. The van der Waals surface area contributed by atoms with Crippen LogP contribution in [0.15, 0.2) is 18.3 Å². The Morgan fingerprint density at radius 3 is 2.71 bits per heavy atom. The van der Waals surface area contributed by atoms with E-state index in [4.69, 9.17) is 11.6 Å². The summed E-state index contributed by atoms with van der Waals surface area (Å²) >= 11 is 5.78. The first-order chi connectivity index (χ1) is 7.94. The number of aromatic nitrogens is 1. The number of nitrogens with one attached hydrogen (secondary N) is 1. The Hall–Kier alpha value is -0.760. The second kappa shape index (κ2) is 4.85. The van der Waals surface area contributed by atoms with Crippen LogP contribution in [0.2, 0.25) is 5.15 Å². The zero-order chi connectivity index (χ0) is 12.5. The molecule has 0 bridgehead atoms. The van der Waals surface area contributed by atoms with E-state index in [9.17, 15) is 0 Å². The van der Waals surface area contributed by atoms with Gasteiger partial charge in [-0.1, -0.05) is 32.4 Å². The number of nitrogens with zero attached hydrogens (tertiary/aromatic N) is 1. The van der Waals surface area contributed by atoms with E-state index in [1.807, 2.05) is 18.3 Å². The van der Waals surface area contributed by atoms with E-state index < -0.39 is 0 Å². The van der Waals surface area contributed by atoms with Gasteiger partial charge in [0.2, 0.25) is 0 Å². The molecule has 0 spiro atoms. The summed E-state index contributed by atoms with van der Waals surface area (Å²) in [6, 6.07) is 4.39. The fraction of sp³-hybridized carbons (Fsp3) is 0.643. The van der Waals surface area contributed by atoms with Crippen molar-refractivity contribution in [1.29, 1.82) is 0 Å². The predicted octanol–water partition coefficient (Wildman–Crippen LogP) is 4.36. The lowest BCUT2D eigenvalue weighted by molar-refractivity contribution is 0.178. The first-order valence-corrected chi connectivity index (χ1v) is 6.70. The number of hydrogen-bond acceptors (Lipinski definition) is 2. The molecule has 0 amide bonds. The molecule has 2 atom stereocenters. The Balaban J connectivity index is 2.01. The Kier molecular flexibility index (Phi) is 3.62. The van der Waals surface area contributed by atoms with Gasteiger partial charge in [0.05, 0.1) is 11.9 Å². The summed E-state index contributed by atoms with van der Waals surface area (Å²) in [6.07, 6.45) is 5.60. The van der Waals surface area contributed by atoms with E-state index in [1.165, 1.54) is 19.3 Å². The molecule has 1 aromatic rings. The second-order valence-corrected chi connectivity index (χ2v) is 6.51. The molecule has 94 valence electrons. The van der Waals surface area contributed by atoms with Gasteiger partial charge < -0.3 is 5.32 Å². The van der Waals surface area contributed by atoms with Gasteiger partial charge in [-0.05, 0) is 42.7 Å². The third-order valence-corrected chi connectivity index (χ3v) is 3.71. The van der Waals surface area contributed by atoms with Gasteiger partial charge in [0.25, 0.3) is 0 Å². The van der Waals surface area contributed by atoms with Crippen molar-refractivity contribution in [3.63, 3.8) is 0 Å². The lowest BCUT2D eigenvalue weighted by Gasteiger charge is -2.39. The van der Waals surface area contributed by atoms with E-state index in [2.05, 4.69) is 31.1 Å². The topological polar surface area (TPSA) is 24.9 Å². The SMILES string of the molecule is CC1CC(Nc2ccc(Cl)nc2)CC(C)(C)C1. The van der Waals surface area contributed by atoms with Crippen molar-refractivity contribution in [3.05, 3.63) is 23.5 Å². The third kappa shape index (κ3) is 3.60. The molecule has 1 aliphatic carbocycles. The molecule has 2 rings (SSSR count). The minimum absolute atomic E-state index is 0.440. The molecule has 1 saturated carbocycles. The van der Waals surface area contributed by atoms with Gasteiger partial charge in [0.15, 0.2) is 0 Å². The van der Waals surface area contributed by atoms with Gasteiger partial charge in [0.1, 0.15) is 5.15 Å². The number of rotatable bonds is 2. The first-order valence-electron chi connectivity index (χ1n) is 6.33. The fourth-order valence-corrected chi connectivity index (χ4v) is 3.26. The Labute approximate surface area is 109 Å². The highest BCUT2D eigenvalue weighted by atomic mass is 35.5. The smallest absolute Gasteiger partial charge is 0.129 e. The van der Waals surface area contributed by atoms with Crippen molar-refractivity contribution in [2.45, 2.75) is 46.1 Å². The van der Waals surface area contributed by atoms with Crippen molar-refractivity contribution in [2.24, 2.45) is 11.3 Å². The molecule has 0 aliphatic heterocycles. The van der Waals surface area contributed by atoms with Crippen LogP contribution in [-0.2, 0) is 0 Å². The molecule has 1 aromatic heterocycles. The average molecular weight is 253 g/mol. The number of anilines is 1. The predicted molar refractivity (Wildman–Crippen MR) is 73.5 cm³/mol. The fourth-order valence-electron chi connectivity index (χ4n) is 3.15. The highest BCUT2D eigenvalue weighted by molar-refractivity contribution is 6.29. The quantitative estimate of drug-likeness (QED) is 0.791. The monoisotopic (exact) mass is 252 g/mol. The summed E-state index contributed by atoms with van der Waals surface area (Å²) in [5, 5.41) is 4.12.